The summed E-state index contributed by atoms with van der Waals surface area (Å²) in [5.74, 6) is -0.718. The van der Waals surface area contributed by atoms with Crippen LogP contribution in [0.3, 0.4) is 0 Å². The Balaban J connectivity index is 2.89. The number of rotatable bonds is 6. The Hall–Kier alpha value is -2.37. The molecule has 1 aromatic rings. The SMILES string of the molecule is CCOC(=O)/C(C#N)=C/Nc1ccc(S(=O)(=O)N(C)C)cc1. The Morgan fingerprint density at radius 3 is 2.41 bits per heavy atom. The maximum Gasteiger partial charge on any atom is 0.350 e. The van der Waals surface area contributed by atoms with Crippen molar-refractivity contribution in [2.75, 3.05) is 26.0 Å². The van der Waals surface area contributed by atoms with Crippen molar-refractivity contribution in [3.8, 4) is 6.07 Å². The molecule has 1 aromatic carbocycles. The third-order valence-electron chi connectivity index (χ3n) is 2.63. The van der Waals surface area contributed by atoms with Crippen molar-refractivity contribution in [1.82, 2.24) is 4.31 Å². The molecule has 118 valence electrons. The van der Waals surface area contributed by atoms with E-state index in [9.17, 15) is 13.2 Å². The molecule has 0 spiro atoms. The number of carbonyl (C=O) groups is 1. The van der Waals surface area contributed by atoms with Crippen LogP contribution in [0.4, 0.5) is 5.69 Å². The van der Waals surface area contributed by atoms with Gasteiger partial charge in [0, 0.05) is 26.0 Å². The predicted octanol–water partition coefficient (Wildman–Crippen LogP) is 1.32. The van der Waals surface area contributed by atoms with Crippen molar-refractivity contribution < 1.29 is 17.9 Å². The largest absolute Gasteiger partial charge is 0.462 e. The molecular formula is C14H17N3O4S. The lowest BCUT2D eigenvalue weighted by molar-refractivity contribution is -0.138. The number of nitrogens with one attached hydrogen (secondary N) is 1. The average molecular weight is 323 g/mol. The zero-order chi connectivity index (χ0) is 16.8. The van der Waals surface area contributed by atoms with Gasteiger partial charge in [-0.2, -0.15) is 5.26 Å². The molecule has 0 fully saturated rings. The molecule has 0 saturated heterocycles. The Morgan fingerprint density at radius 2 is 1.95 bits per heavy atom. The summed E-state index contributed by atoms with van der Waals surface area (Å²) in [6.45, 7) is 1.82. The lowest BCUT2D eigenvalue weighted by Gasteiger charge is -2.11. The van der Waals surface area contributed by atoms with Crippen molar-refractivity contribution >= 4 is 21.7 Å². The van der Waals surface area contributed by atoms with Crippen LogP contribution in [-0.2, 0) is 19.6 Å². The molecule has 0 aromatic heterocycles. The van der Waals surface area contributed by atoms with Gasteiger partial charge in [0.25, 0.3) is 0 Å². The van der Waals surface area contributed by atoms with Crippen molar-refractivity contribution in [2.45, 2.75) is 11.8 Å². The average Bonchev–Trinajstić information content (AvgIpc) is 2.48. The second kappa shape index (κ2) is 7.59. The van der Waals surface area contributed by atoms with E-state index in [1.165, 1.54) is 44.6 Å². The number of carbonyl (C=O) groups excluding carboxylic acids is 1. The van der Waals surface area contributed by atoms with E-state index in [4.69, 9.17) is 10.00 Å². The zero-order valence-electron chi connectivity index (χ0n) is 12.5. The van der Waals surface area contributed by atoms with Crippen LogP contribution in [0.15, 0.2) is 40.9 Å². The Kier molecular flexibility index (Phi) is 6.10. The van der Waals surface area contributed by atoms with E-state index >= 15 is 0 Å². The van der Waals surface area contributed by atoms with Gasteiger partial charge < -0.3 is 10.1 Å². The molecular weight excluding hydrogens is 306 g/mol. The van der Waals surface area contributed by atoms with Gasteiger partial charge in [-0.3, -0.25) is 0 Å². The minimum absolute atomic E-state index is 0.151. The van der Waals surface area contributed by atoms with E-state index in [1.54, 1.807) is 13.0 Å². The highest BCUT2D eigenvalue weighted by Gasteiger charge is 2.16. The van der Waals surface area contributed by atoms with Gasteiger partial charge in [-0.15, -0.1) is 0 Å². The molecule has 22 heavy (non-hydrogen) atoms. The third kappa shape index (κ3) is 4.31. The first kappa shape index (κ1) is 17.7. The standard InChI is InChI=1S/C14H17N3O4S/c1-4-21-14(18)11(9-15)10-16-12-5-7-13(8-6-12)22(19,20)17(2)3/h5-8,10,16H,4H2,1-3H3/b11-10+. The second-order valence-electron chi connectivity index (χ2n) is 4.35. The first-order valence-corrected chi connectivity index (χ1v) is 7.83. The molecule has 0 bridgehead atoms. The van der Waals surface area contributed by atoms with E-state index in [2.05, 4.69) is 5.32 Å². The van der Waals surface area contributed by atoms with Crippen LogP contribution in [0.25, 0.3) is 0 Å². The van der Waals surface area contributed by atoms with Gasteiger partial charge in [-0.1, -0.05) is 0 Å². The fourth-order valence-electron chi connectivity index (χ4n) is 1.44. The fraction of sp³-hybridized carbons (Fsp3) is 0.286. The monoisotopic (exact) mass is 323 g/mol. The van der Waals surface area contributed by atoms with Gasteiger partial charge in [0.05, 0.1) is 11.5 Å². The highest BCUT2D eigenvalue weighted by molar-refractivity contribution is 7.89. The fourth-order valence-corrected chi connectivity index (χ4v) is 2.34. The van der Waals surface area contributed by atoms with Crippen molar-refractivity contribution in [3.05, 3.63) is 36.0 Å². The lowest BCUT2D eigenvalue weighted by Crippen LogP contribution is -2.22. The van der Waals surface area contributed by atoms with Crippen LogP contribution < -0.4 is 5.32 Å². The molecule has 0 atom stereocenters. The number of nitriles is 1. The van der Waals surface area contributed by atoms with Crippen LogP contribution in [0, 0.1) is 11.3 Å². The number of benzene rings is 1. The number of nitrogens with zero attached hydrogens (tertiary/aromatic N) is 2. The number of sulfonamides is 1. The molecule has 8 heteroatoms. The normalized spacial score (nSPS) is 11.9. The van der Waals surface area contributed by atoms with Crippen molar-refractivity contribution in [1.29, 1.82) is 5.26 Å². The van der Waals surface area contributed by atoms with E-state index < -0.39 is 16.0 Å². The minimum Gasteiger partial charge on any atom is -0.462 e. The Labute approximate surface area is 129 Å². The highest BCUT2D eigenvalue weighted by Crippen LogP contribution is 2.16. The number of esters is 1. The highest BCUT2D eigenvalue weighted by atomic mass is 32.2. The molecule has 0 unspecified atom stereocenters. The molecule has 0 radical (unpaired) electrons. The molecule has 0 aliphatic heterocycles. The van der Waals surface area contributed by atoms with E-state index in [0.717, 1.165) is 4.31 Å². The second-order valence-corrected chi connectivity index (χ2v) is 6.50. The summed E-state index contributed by atoms with van der Waals surface area (Å²) < 4.78 is 29.6. The summed E-state index contributed by atoms with van der Waals surface area (Å²) in [5, 5.41) is 11.6. The topological polar surface area (TPSA) is 99.5 Å². The van der Waals surface area contributed by atoms with Crippen LogP contribution in [0.5, 0.6) is 0 Å². The molecule has 1 rings (SSSR count). The Morgan fingerprint density at radius 1 is 1.36 bits per heavy atom. The molecule has 0 amide bonds. The minimum atomic E-state index is -3.49. The Bertz CT molecular complexity index is 701. The first-order valence-electron chi connectivity index (χ1n) is 6.39. The zero-order valence-corrected chi connectivity index (χ0v) is 13.3. The number of ether oxygens (including phenoxy) is 1. The molecule has 0 aliphatic carbocycles. The van der Waals surface area contributed by atoms with E-state index in [-0.39, 0.29) is 17.1 Å². The van der Waals surface area contributed by atoms with Crippen LogP contribution in [0.2, 0.25) is 0 Å². The maximum absolute atomic E-state index is 11.9. The number of anilines is 1. The third-order valence-corrected chi connectivity index (χ3v) is 4.46. The van der Waals surface area contributed by atoms with Gasteiger partial charge in [0.15, 0.2) is 5.57 Å². The predicted molar refractivity (Wildman–Crippen MR) is 81.3 cm³/mol. The molecule has 0 saturated carbocycles. The molecule has 7 nitrogen and oxygen atoms in total. The first-order chi connectivity index (χ1) is 10.3. The number of hydrogen-bond acceptors (Lipinski definition) is 6. The van der Waals surface area contributed by atoms with Crippen LogP contribution in [0.1, 0.15) is 6.92 Å². The lowest BCUT2D eigenvalue weighted by atomic mass is 10.3. The maximum atomic E-state index is 11.9. The van der Waals surface area contributed by atoms with Gasteiger partial charge in [-0.25, -0.2) is 17.5 Å². The number of hydrogen-bond donors (Lipinski definition) is 1. The summed E-state index contributed by atoms with van der Waals surface area (Å²) in [7, 11) is -0.592. The van der Waals surface area contributed by atoms with Crippen LogP contribution in [-0.4, -0.2) is 39.4 Å². The van der Waals surface area contributed by atoms with E-state index in [0.29, 0.717) is 5.69 Å². The molecule has 0 heterocycles. The van der Waals surface area contributed by atoms with Gasteiger partial charge in [-0.05, 0) is 31.2 Å². The van der Waals surface area contributed by atoms with Gasteiger partial charge >= 0.3 is 5.97 Å². The molecule has 0 aliphatic rings. The smallest absolute Gasteiger partial charge is 0.350 e. The van der Waals surface area contributed by atoms with E-state index in [1.807, 2.05) is 0 Å². The summed E-state index contributed by atoms with van der Waals surface area (Å²) in [4.78, 5) is 11.6. The van der Waals surface area contributed by atoms with Crippen molar-refractivity contribution in [2.24, 2.45) is 0 Å². The van der Waals surface area contributed by atoms with Gasteiger partial charge in [0.1, 0.15) is 6.07 Å². The summed E-state index contributed by atoms with van der Waals surface area (Å²) in [6, 6.07) is 7.66. The van der Waals surface area contributed by atoms with Crippen molar-refractivity contribution in [3.63, 3.8) is 0 Å². The van der Waals surface area contributed by atoms with Crippen LogP contribution >= 0.6 is 0 Å². The summed E-state index contributed by atoms with van der Waals surface area (Å²) in [5.41, 5.74) is 0.363. The molecule has 1 N–H and O–H groups in total. The van der Waals surface area contributed by atoms with Gasteiger partial charge in [0.2, 0.25) is 10.0 Å². The quantitative estimate of drug-likeness (QED) is 0.481. The summed E-state index contributed by atoms with van der Waals surface area (Å²) >= 11 is 0. The summed E-state index contributed by atoms with van der Waals surface area (Å²) in [6.07, 6.45) is 1.22.